The molecule has 0 saturated carbocycles. The van der Waals surface area contributed by atoms with Crippen molar-refractivity contribution < 1.29 is 0 Å². The van der Waals surface area contributed by atoms with Gasteiger partial charge in [-0.3, -0.25) is 18.6 Å². The quantitative estimate of drug-likeness (QED) is 0.415. The molecule has 0 spiro atoms. The molecule has 1 aliphatic heterocycles. The molecule has 7 nitrogen and oxygen atoms in total. The minimum atomic E-state index is -0.124. The van der Waals surface area contributed by atoms with E-state index in [2.05, 4.69) is 0 Å². The van der Waals surface area contributed by atoms with E-state index in [1.165, 1.54) is 0 Å². The number of nitrogens with zero attached hydrogens (tertiary/aromatic N) is 5. The third-order valence-corrected chi connectivity index (χ3v) is 6.59. The van der Waals surface area contributed by atoms with Crippen LogP contribution in [0.15, 0.2) is 63.3 Å². The summed E-state index contributed by atoms with van der Waals surface area (Å²) in [6, 6.07) is 15.0. The molecule has 0 fully saturated rings. The molecule has 0 radical (unpaired) electrons. The number of fused-ring (bicyclic) bond motifs is 5. The Morgan fingerprint density at radius 1 is 1.07 bits per heavy atom. The van der Waals surface area contributed by atoms with Gasteiger partial charge in [0.05, 0.1) is 17.8 Å². The first-order valence-electron chi connectivity index (χ1n) is 9.75. The Hall–Kier alpha value is -3.39. The summed E-state index contributed by atoms with van der Waals surface area (Å²) in [5.41, 5.74) is 4.09. The van der Waals surface area contributed by atoms with Gasteiger partial charge in [0.2, 0.25) is 0 Å². The van der Waals surface area contributed by atoms with Crippen LogP contribution in [0, 0.1) is 6.92 Å². The van der Waals surface area contributed by atoms with Gasteiger partial charge in [-0.05, 0) is 25.1 Å². The van der Waals surface area contributed by atoms with E-state index in [4.69, 9.17) is 9.97 Å². The van der Waals surface area contributed by atoms with Gasteiger partial charge < -0.3 is 4.57 Å². The molecule has 148 valence electrons. The summed E-state index contributed by atoms with van der Waals surface area (Å²) in [5.74, 6) is 0.856. The molecule has 4 aromatic heterocycles. The van der Waals surface area contributed by atoms with Gasteiger partial charge in [0.1, 0.15) is 16.7 Å². The van der Waals surface area contributed by atoms with E-state index in [1.807, 2.05) is 54.0 Å². The van der Waals surface area contributed by atoms with E-state index in [9.17, 15) is 9.59 Å². The van der Waals surface area contributed by atoms with Crippen LogP contribution in [0.25, 0.3) is 27.6 Å². The van der Waals surface area contributed by atoms with Gasteiger partial charge in [-0.2, -0.15) is 0 Å². The van der Waals surface area contributed by atoms with Crippen LogP contribution in [-0.4, -0.2) is 29.3 Å². The summed E-state index contributed by atoms with van der Waals surface area (Å²) in [4.78, 5) is 35.6. The first kappa shape index (κ1) is 17.5. The van der Waals surface area contributed by atoms with Crippen LogP contribution in [0.2, 0.25) is 0 Å². The van der Waals surface area contributed by atoms with Crippen LogP contribution in [-0.2, 0) is 13.1 Å². The van der Waals surface area contributed by atoms with Gasteiger partial charge in [0.15, 0.2) is 5.16 Å². The highest BCUT2D eigenvalue weighted by Gasteiger charge is 2.22. The number of para-hydroxylation sites is 1. The normalized spacial score (nSPS) is 13.5. The van der Waals surface area contributed by atoms with E-state index >= 15 is 0 Å². The van der Waals surface area contributed by atoms with Crippen molar-refractivity contribution in [2.24, 2.45) is 0 Å². The third kappa shape index (κ3) is 2.40. The highest BCUT2D eigenvalue weighted by atomic mass is 32.2. The van der Waals surface area contributed by atoms with E-state index in [0.29, 0.717) is 35.5 Å². The van der Waals surface area contributed by atoms with Crippen molar-refractivity contribution in [1.29, 1.82) is 0 Å². The summed E-state index contributed by atoms with van der Waals surface area (Å²) in [7, 11) is 0. The lowest BCUT2D eigenvalue weighted by Crippen LogP contribution is -2.23. The van der Waals surface area contributed by atoms with Crippen LogP contribution >= 0.6 is 11.8 Å². The number of hydrogen-bond acceptors (Lipinski definition) is 5. The molecule has 5 heterocycles. The van der Waals surface area contributed by atoms with Crippen molar-refractivity contribution in [3.8, 4) is 0 Å². The fraction of sp³-hybridized carbons (Fsp3) is 0.182. The van der Waals surface area contributed by atoms with Crippen molar-refractivity contribution in [3.05, 3.63) is 80.6 Å². The standard InChI is InChI=1S/C22H17N5O2S/c1-13-5-4-8-17-23-14(11-18(28)27(13)17)12-26-16-7-3-2-6-15(16)19-20(26)21(29)25-9-10-30-22(25)24-19/h2-8,11H,9-10,12H2,1H3. The van der Waals surface area contributed by atoms with E-state index in [0.717, 1.165) is 27.5 Å². The Labute approximate surface area is 174 Å². The molecule has 0 atom stereocenters. The summed E-state index contributed by atoms with van der Waals surface area (Å²) in [6.07, 6.45) is 0. The Balaban J connectivity index is 1.64. The third-order valence-electron chi connectivity index (χ3n) is 5.63. The number of rotatable bonds is 2. The number of thioether (sulfide) groups is 1. The van der Waals surface area contributed by atoms with Gasteiger partial charge in [0, 0.05) is 29.4 Å². The number of pyridine rings is 1. The largest absolute Gasteiger partial charge is 0.329 e. The summed E-state index contributed by atoms with van der Waals surface area (Å²) >= 11 is 1.61. The Morgan fingerprint density at radius 3 is 2.83 bits per heavy atom. The van der Waals surface area contributed by atoms with Crippen LogP contribution in [0.1, 0.15) is 11.4 Å². The molecule has 6 rings (SSSR count). The molecule has 0 amide bonds. The van der Waals surface area contributed by atoms with E-state index in [1.54, 1.807) is 26.8 Å². The van der Waals surface area contributed by atoms with Gasteiger partial charge >= 0.3 is 0 Å². The second-order valence-corrected chi connectivity index (χ2v) is 8.51. The molecule has 0 aliphatic carbocycles. The topological polar surface area (TPSA) is 74.2 Å². The second-order valence-electron chi connectivity index (χ2n) is 7.45. The van der Waals surface area contributed by atoms with E-state index < -0.39 is 0 Å². The zero-order valence-electron chi connectivity index (χ0n) is 16.2. The smallest absolute Gasteiger partial charge is 0.278 e. The van der Waals surface area contributed by atoms with E-state index in [-0.39, 0.29) is 11.1 Å². The lowest BCUT2D eigenvalue weighted by atomic mass is 10.2. The zero-order valence-corrected chi connectivity index (χ0v) is 17.0. The SMILES string of the molecule is Cc1cccc2nc(Cn3c4ccccc4c4nc5n(c(=O)c43)CCS5)cc(=O)n12. The Bertz CT molecular complexity index is 1610. The Morgan fingerprint density at radius 2 is 1.93 bits per heavy atom. The lowest BCUT2D eigenvalue weighted by Gasteiger charge is -2.10. The summed E-state index contributed by atoms with van der Waals surface area (Å²) < 4.78 is 5.29. The molecule has 5 aromatic rings. The van der Waals surface area contributed by atoms with Gasteiger partial charge in [-0.1, -0.05) is 36.0 Å². The zero-order chi connectivity index (χ0) is 20.4. The molecule has 0 N–H and O–H groups in total. The highest BCUT2D eigenvalue weighted by molar-refractivity contribution is 7.99. The molecule has 1 aliphatic rings. The summed E-state index contributed by atoms with van der Waals surface area (Å²) in [5, 5.41) is 1.71. The molecule has 30 heavy (non-hydrogen) atoms. The van der Waals surface area contributed by atoms with Crippen LogP contribution in [0.3, 0.4) is 0 Å². The van der Waals surface area contributed by atoms with Crippen LogP contribution in [0.5, 0.6) is 0 Å². The van der Waals surface area contributed by atoms with Gasteiger partial charge in [-0.25, -0.2) is 9.97 Å². The van der Waals surface area contributed by atoms with Crippen molar-refractivity contribution in [2.45, 2.75) is 25.2 Å². The number of benzene rings is 1. The van der Waals surface area contributed by atoms with Crippen molar-refractivity contribution in [2.75, 3.05) is 5.75 Å². The minimum absolute atomic E-state index is 0.0374. The lowest BCUT2D eigenvalue weighted by molar-refractivity contribution is 0.662. The van der Waals surface area contributed by atoms with Gasteiger partial charge in [-0.15, -0.1) is 0 Å². The van der Waals surface area contributed by atoms with Gasteiger partial charge in [0.25, 0.3) is 11.1 Å². The van der Waals surface area contributed by atoms with Crippen LogP contribution in [0.4, 0.5) is 0 Å². The van der Waals surface area contributed by atoms with Crippen molar-refractivity contribution in [1.82, 2.24) is 23.5 Å². The first-order valence-corrected chi connectivity index (χ1v) is 10.7. The second kappa shape index (κ2) is 6.30. The van der Waals surface area contributed by atoms with Crippen molar-refractivity contribution >= 4 is 39.3 Å². The summed E-state index contributed by atoms with van der Waals surface area (Å²) in [6.45, 7) is 2.87. The molecular weight excluding hydrogens is 398 g/mol. The average Bonchev–Trinajstić information content (AvgIpc) is 3.32. The monoisotopic (exact) mass is 415 g/mol. The minimum Gasteiger partial charge on any atom is -0.329 e. The number of aromatic nitrogens is 5. The number of hydrogen-bond donors (Lipinski definition) is 0. The van der Waals surface area contributed by atoms with Crippen molar-refractivity contribution in [3.63, 3.8) is 0 Å². The maximum atomic E-state index is 13.3. The maximum Gasteiger partial charge on any atom is 0.278 e. The highest BCUT2D eigenvalue weighted by Crippen LogP contribution is 2.30. The fourth-order valence-electron chi connectivity index (χ4n) is 4.29. The number of aryl methyl sites for hydroxylation is 1. The molecule has 1 aromatic carbocycles. The molecule has 0 saturated heterocycles. The fourth-order valence-corrected chi connectivity index (χ4v) is 5.23. The average molecular weight is 415 g/mol. The molecular formula is C22H17N5O2S. The van der Waals surface area contributed by atoms with Crippen LogP contribution < -0.4 is 11.1 Å². The molecule has 8 heteroatoms. The Kier molecular flexibility index (Phi) is 3.67. The first-order chi connectivity index (χ1) is 14.6. The maximum absolute atomic E-state index is 13.3. The predicted molar refractivity (Wildman–Crippen MR) is 118 cm³/mol. The molecule has 0 unspecified atom stereocenters. The molecule has 0 bridgehead atoms. The predicted octanol–water partition coefficient (Wildman–Crippen LogP) is 2.82.